The van der Waals surface area contributed by atoms with Gasteiger partial charge in [-0.2, -0.15) is 0 Å². The number of unbranched alkanes of at least 4 members (excludes halogenated alkanes) is 4. The molecule has 4 heteroatoms. The monoisotopic (exact) mass is 284 g/mol. The fourth-order valence-corrected chi connectivity index (χ4v) is 1.83. The van der Waals surface area contributed by atoms with E-state index in [4.69, 9.17) is 0 Å². The standard InChI is InChI=1S/C16H32N2O2/c1-13(2)15(19)10-8-6-5-7-9-11-17-16(20)12-18-14(3)4/h13-14,18H,5-12H2,1-4H3,(H,17,20). The molecule has 4 nitrogen and oxygen atoms in total. The Labute approximate surface area is 124 Å². The van der Waals surface area contributed by atoms with Crippen LogP contribution >= 0.6 is 0 Å². The van der Waals surface area contributed by atoms with Crippen molar-refractivity contribution in [3.05, 3.63) is 0 Å². The van der Waals surface area contributed by atoms with Crippen molar-refractivity contribution in [2.45, 2.75) is 72.3 Å². The van der Waals surface area contributed by atoms with Crippen LogP contribution in [0.25, 0.3) is 0 Å². The van der Waals surface area contributed by atoms with E-state index >= 15 is 0 Å². The molecule has 0 heterocycles. The lowest BCUT2D eigenvalue weighted by atomic mass is 10.0. The summed E-state index contributed by atoms with van der Waals surface area (Å²) >= 11 is 0. The first kappa shape index (κ1) is 19.1. The van der Waals surface area contributed by atoms with Crippen LogP contribution in [0.3, 0.4) is 0 Å². The Morgan fingerprint density at radius 3 is 2.10 bits per heavy atom. The van der Waals surface area contributed by atoms with Gasteiger partial charge in [0.2, 0.25) is 5.91 Å². The van der Waals surface area contributed by atoms with Crippen LogP contribution in [-0.4, -0.2) is 30.8 Å². The van der Waals surface area contributed by atoms with Crippen LogP contribution in [0.2, 0.25) is 0 Å². The molecule has 0 unspecified atom stereocenters. The van der Waals surface area contributed by atoms with E-state index in [1.807, 2.05) is 27.7 Å². The molecule has 0 saturated heterocycles. The zero-order chi connectivity index (χ0) is 15.4. The van der Waals surface area contributed by atoms with E-state index in [2.05, 4.69) is 10.6 Å². The first-order valence-electron chi connectivity index (χ1n) is 7.96. The summed E-state index contributed by atoms with van der Waals surface area (Å²) in [6.45, 7) is 9.12. The molecule has 2 N–H and O–H groups in total. The number of rotatable bonds is 12. The Hall–Kier alpha value is -0.900. The average Bonchev–Trinajstić information content (AvgIpc) is 2.38. The summed E-state index contributed by atoms with van der Waals surface area (Å²) in [7, 11) is 0. The fraction of sp³-hybridized carbons (Fsp3) is 0.875. The third-order valence-electron chi connectivity index (χ3n) is 3.24. The number of amides is 1. The van der Waals surface area contributed by atoms with E-state index in [0.29, 0.717) is 18.4 Å². The summed E-state index contributed by atoms with van der Waals surface area (Å²) in [6, 6.07) is 0.342. The SMILES string of the molecule is CC(C)NCC(=O)NCCCCCCCC(=O)C(C)C. The Morgan fingerprint density at radius 1 is 0.900 bits per heavy atom. The van der Waals surface area contributed by atoms with Crippen LogP contribution in [-0.2, 0) is 9.59 Å². The lowest BCUT2D eigenvalue weighted by Gasteiger charge is -2.08. The molecule has 1 amide bonds. The van der Waals surface area contributed by atoms with Gasteiger partial charge >= 0.3 is 0 Å². The molecule has 0 aromatic rings. The molecule has 0 saturated carbocycles. The minimum absolute atomic E-state index is 0.0706. The summed E-state index contributed by atoms with van der Waals surface area (Å²) < 4.78 is 0. The lowest BCUT2D eigenvalue weighted by molar-refractivity contribution is -0.122. The molecular formula is C16H32N2O2. The largest absolute Gasteiger partial charge is 0.355 e. The van der Waals surface area contributed by atoms with Gasteiger partial charge in [0.05, 0.1) is 6.54 Å². The molecule has 0 fully saturated rings. The zero-order valence-corrected chi connectivity index (χ0v) is 13.6. The summed E-state index contributed by atoms with van der Waals surface area (Å²) in [5.41, 5.74) is 0. The number of hydrogen-bond acceptors (Lipinski definition) is 3. The normalized spacial score (nSPS) is 11.1. The van der Waals surface area contributed by atoms with Crippen LogP contribution < -0.4 is 10.6 Å². The fourth-order valence-electron chi connectivity index (χ4n) is 1.83. The summed E-state index contributed by atoms with van der Waals surface area (Å²) in [5.74, 6) is 0.612. The molecule has 20 heavy (non-hydrogen) atoms. The Balaban J connectivity index is 3.28. The first-order chi connectivity index (χ1) is 9.43. The molecule has 0 spiro atoms. The number of ketones is 1. The maximum Gasteiger partial charge on any atom is 0.233 e. The zero-order valence-electron chi connectivity index (χ0n) is 13.6. The second kappa shape index (κ2) is 11.9. The molecule has 0 atom stereocenters. The predicted molar refractivity (Wildman–Crippen MR) is 83.7 cm³/mol. The minimum Gasteiger partial charge on any atom is -0.355 e. The van der Waals surface area contributed by atoms with Crippen molar-refractivity contribution in [3.8, 4) is 0 Å². The van der Waals surface area contributed by atoms with E-state index in [9.17, 15) is 9.59 Å². The third kappa shape index (κ3) is 12.2. The smallest absolute Gasteiger partial charge is 0.233 e. The second-order valence-corrected chi connectivity index (χ2v) is 6.02. The maximum absolute atomic E-state index is 11.4. The van der Waals surface area contributed by atoms with E-state index in [0.717, 1.165) is 45.1 Å². The van der Waals surface area contributed by atoms with Crippen molar-refractivity contribution >= 4 is 11.7 Å². The van der Waals surface area contributed by atoms with Gasteiger partial charge in [-0.1, -0.05) is 47.0 Å². The van der Waals surface area contributed by atoms with Crippen LogP contribution in [0.15, 0.2) is 0 Å². The van der Waals surface area contributed by atoms with Gasteiger partial charge in [0.1, 0.15) is 5.78 Å². The van der Waals surface area contributed by atoms with Gasteiger partial charge in [-0.05, 0) is 12.8 Å². The highest BCUT2D eigenvalue weighted by Crippen LogP contribution is 2.08. The highest BCUT2D eigenvalue weighted by molar-refractivity contribution is 5.80. The number of nitrogens with one attached hydrogen (secondary N) is 2. The van der Waals surface area contributed by atoms with E-state index in [1.165, 1.54) is 0 Å². The van der Waals surface area contributed by atoms with Crippen molar-refractivity contribution in [3.63, 3.8) is 0 Å². The van der Waals surface area contributed by atoms with Gasteiger partial charge in [0, 0.05) is 24.9 Å². The molecule has 118 valence electrons. The molecule has 0 aliphatic carbocycles. The minimum atomic E-state index is 0.0706. The molecule has 0 bridgehead atoms. The van der Waals surface area contributed by atoms with Crippen LogP contribution in [0.1, 0.15) is 66.2 Å². The van der Waals surface area contributed by atoms with Gasteiger partial charge in [0.15, 0.2) is 0 Å². The van der Waals surface area contributed by atoms with Gasteiger partial charge in [-0.25, -0.2) is 0 Å². The number of Topliss-reactive ketones (excluding diaryl/α,β-unsaturated/α-hetero) is 1. The highest BCUT2D eigenvalue weighted by atomic mass is 16.2. The summed E-state index contributed by atoms with van der Waals surface area (Å²) in [4.78, 5) is 22.8. The molecule has 0 aliphatic rings. The molecule has 0 aliphatic heterocycles. The van der Waals surface area contributed by atoms with Gasteiger partial charge in [-0.3, -0.25) is 9.59 Å². The molecule has 0 aromatic carbocycles. The van der Waals surface area contributed by atoms with Crippen LogP contribution in [0.4, 0.5) is 0 Å². The molecular weight excluding hydrogens is 252 g/mol. The second-order valence-electron chi connectivity index (χ2n) is 6.02. The molecule has 0 aromatic heterocycles. The Bertz CT molecular complexity index is 276. The van der Waals surface area contributed by atoms with Gasteiger partial charge in [0.25, 0.3) is 0 Å². The predicted octanol–water partition coefficient (Wildman–Crippen LogP) is 2.67. The van der Waals surface area contributed by atoms with Crippen molar-refractivity contribution in [2.75, 3.05) is 13.1 Å². The number of carbonyl (C=O) groups is 2. The van der Waals surface area contributed by atoms with Crippen molar-refractivity contribution in [1.82, 2.24) is 10.6 Å². The van der Waals surface area contributed by atoms with Crippen LogP contribution in [0, 0.1) is 5.92 Å². The summed E-state index contributed by atoms with van der Waals surface area (Å²) in [6.07, 6.45) is 6.11. The average molecular weight is 284 g/mol. The molecule has 0 rings (SSSR count). The van der Waals surface area contributed by atoms with E-state index in [1.54, 1.807) is 0 Å². The number of carbonyl (C=O) groups excluding carboxylic acids is 2. The maximum atomic E-state index is 11.4. The topological polar surface area (TPSA) is 58.2 Å². The highest BCUT2D eigenvalue weighted by Gasteiger charge is 2.05. The first-order valence-corrected chi connectivity index (χ1v) is 7.96. The Morgan fingerprint density at radius 2 is 1.50 bits per heavy atom. The van der Waals surface area contributed by atoms with Crippen molar-refractivity contribution < 1.29 is 9.59 Å². The van der Waals surface area contributed by atoms with Gasteiger partial charge in [-0.15, -0.1) is 0 Å². The lowest BCUT2D eigenvalue weighted by Crippen LogP contribution is -2.37. The van der Waals surface area contributed by atoms with Crippen molar-refractivity contribution in [1.29, 1.82) is 0 Å². The van der Waals surface area contributed by atoms with Crippen LogP contribution in [0.5, 0.6) is 0 Å². The van der Waals surface area contributed by atoms with E-state index < -0.39 is 0 Å². The van der Waals surface area contributed by atoms with Crippen molar-refractivity contribution in [2.24, 2.45) is 5.92 Å². The Kier molecular flexibility index (Phi) is 11.4. The van der Waals surface area contributed by atoms with E-state index in [-0.39, 0.29) is 11.8 Å². The quantitative estimate of drug-likeness (QED) is 0.542. The summed E-state index contributed by atoms with van der Waals surface area (Å²) in [5, 5.41) is 6.00. The molecule has 0 radical (unpaired) electrons. The number of hydrogen-bond donors (Lipinski definition) is 2. The van der Waals surface area contributed by atoms with Gasteiger partial charge < -0.3 is 10.6 Å². The third-order valence-corrected chi connectivity index (χ3v) is 3.24.